The molecule has 0 saturated carbocycles. The van der Waals surface area contributed by atoms with Gasteiger partial charge in [-0.3, -0.25) is 0 Å². The van der Waals surface area contributed by atoms with E-state index in [0.29, 0.717) is 6.42 Å². The van der Waals surface area contributed by atoms with Crippen LogP contribution in [-0.2, 0) is 9.84 Å². The standard InChI is InChI=1S/C20H32O5S/c1-4-5-6-7-8-9-10-11-14-26(23,24)17-12-13-19(25-16(2)3)18(15-17)20(21)22/h12-13,15-16H,4-11,14H2,1-3H3,(H,21,22). The fraction of sp³-hybridized carbons (Fsp3) is 0.650. The number of carboxylic acid groups (broad SMARTS) is 1. The second-order valence-electron chi connectivity index (χ2n) is 6.92. The molecular formula is C20H32O5S. The Morgan fingerprint density at radius 1 is 1.04 bits per heavy atom. The minimum Gasteiger partial charge on any atom is -0.490 e. The van der Waals surface area contributed by atoms with Crippen molar-refractivity contribution in [3.8, 4) is 5.75 Å². The molecule has 0 heterocycles. The molecule has 0 fully saturated rings. The first-order chi connectivity index (χ1) is 12.3. The summed E-state index contributed by atoms with van der Waals surface area (Å²) in [5.41, 5.74) is -0.115. The van der Waals surface area contributed by atoms with Gasteiger partial charge in [-0.2, -0.15) is 0 Å². The van der Waals surface area contributed by atoms with Crippen LogP contribution in [0.2, 0.25) is 0 Å². The molecule has 0 unspecified atom stereocenters. The van der Waals surface area contributed by atoms with Gasteiger partial charge in [-0.1, -0.05) is 51.9 Å². The van der Waals surface area contributed by atoms with Gasteiger partial charge in [-0.05, 0) is 38.5 Å². The Morgan fingerprint density at radius 2 is 1.62 bits per heavy atom. The second kappa shape index (κ2) is 11.2. The summed E-state index contributed by atoms with van der Waals surface area (Å²) in [5.74, 6) is -0.950. The SMILES string of the molecule is CCCCCCCCCCS(=O)(=O)c1ccc(OC(C)C)c(C(=O)O)c1. The molecule has 0 aliphatic heterocycles. The molecule has 148 valence electrons. The highest BCUT2D eigenvalue weighted by molar-refractivity contribution is 7.91. The molecule has 0 aromatic heterocycles. The van der Waals surface area contributed by atoms with E-state index in [1.54, 1.807) is 13.8 Å². The fourth-order valence-corrected chi connectivity index (χ4v) is 4.16. The van der Waals surface area contributed by atoms with Crippen LogP contribution in [0.3, 0.4) is 0 Å². The van der Waals surface area contributed by atoms with Crippen molar-refractivity contribution in [3.05, 3.63) is 23.8 Å². The number of carbonyl (C=O) groups is 1. The Labute approximate surface area is 157 Å². The molecule has 0 saturated heterocycles. The number of unbranched alkanes of at least 4 members (excludes halogenated alkanes) is 7. The van der Waals surface area contributed by atoms with Crippen LogP contribution in [0.25, 0.3) is 0 Å². The topological polar surface area (TPSA) is 80.7 Å². The van der Waals surface area contributed by atoms with Crippen molar-refractivity contribution in [3.63, 3.8) is 0 Å². The molecule has 0 aliphatic rings. The largest absolute Gasteiger partial charge is 0.490 e. The van der Waals surface area contributed by atoms with E-state index < -0.39 is 15.8 Å². The zero-order valence-corrected chi connectivity index (χ0v) is 17.0. The maximum atomic E-state index is 12.5. The maximum Gasteiger partial charge on any atom is 0.339 e. The van der Waals surface area contributed by atoms with E-state index in [4.69, 9.17) is 4.74 Å². The van der Waals surface area contributed by atoms with E-state index in [0.717, 1.165) is 19.3 Å². The van der Waals surface area contributed by atoms with E-state index in [-0.39, 0.29) is 28.1 Å². The quantitative estimate of drug-likeness (QED) is 0.479. The van der Waals surface area contributed by atoms with Gasteiger partial charge in [-0.15, -0.1) is 0 Å². The Morgan fingerprint density at radius 3 is 2.15 bits per heavy atom. The van der Waals surface area contributed by atoms with Crippen molar-refractivity contribution in [1.29, 1.82) is 0 Å². The molecule has 1 aromatic carbocycles. The Kier molecular flexibility index (Phi) is 9.70. The monoisotopic (exact) mass is 384 g/mol. The third-order valence-corrected chi connectivity index (χ3v) is 5.97. The number of carboxylic acids is 1. The highest BCUT2D eigenvalue weighted by atomic mass is 32.2. The summed E-state index contributed by atoms with van der Waals surface area (Å²) >= 11 is 0. The number of aromatic carboxylic acids is 1. The molecule has 5 nitrogen and oxygen atoms in total. The number of ether oxygens (including phenoxy) is 1. The Bertz CT molecular complexity index is 665. The number of rotatable bonds is 13. The highest BCUT2D eigenvalue weighted by Crippen LogP contribution is 2.25. The number of benzene rings is 1. The summed E-state index contributed by atoms with van der Waals surface area (Å²) in [7, 11) is -3.48. The minimum absolute atomic E-state index is 0.0470. The average Bonchev–Trinajstić information content (AvgIpc) is 2.56. The summed E-state index contributed by atoms with van der Waals surface area (Å²) in [6.07, 6.45) is 8.42. The molecule has 0 bridgehead atoms. The van der Waals surface area contributed by atoms with Crippen LogP contribution >= 0.6 is 0 Å². The van der Waals surface area contributed by atoms with Crippen molar-refractivity contribution in [2.75, 3.05) is 5.75 Å². The summed E-state index contributed by atoms with van der Waals surface area (Å²) in [4.78, 5) is 11.5. The molecule has 26 heavy (non-hydrogen) atoms. The lowest BCUT2D eigenvalue weighted by Crippen LogP contribution is -2.12. The van der Waals surface area contributed by atoms with Crippen LogP contribution in [0.15, 0.2) is 23.1 Å². The fourth-order valence-electron chi connectivity index (χ4n) is 2.77. The molecule has 1 rings (SSSR count). The van der Waals surface area contributed by atoms with Crippen molar-refractivity contribution in [1.82, 2.24) is 0 Å². The van der Waals surface area contributed by atoms with Crippen LogP contribution < -0.4 is 4.74 Å². The first kappa shape index (κ1) is 22.5. The normalized spacial score (nSPS) is 11.7. The van der Waals surface area contributed by atoms with Crippen molar-refractivity contribution in [2.24, 2.45) is 0 Å². The van der Waals surface area contributed by atoms with E-state index in [2.05, 4.69) is 6.92 Å². The van der Waals surface area contributed by atoms with Crippen molar-refractivity contribution >= 4 is 15.8 Å². The number of hydrogen-bond donors (Lipinski definition) is 1. The maximum absolute atomic E-state index is 12.5. The zero-order chi connectivity index (χ0) is 19.6. The van der Waals surface area contributed by atoms with E-state index >= 15 is 0 Å². The first-order valence-electron chi connectivity index (χ1n) is 9.54. The third-order valence-electron chi connectivity index (χ3n) is 4.17. The van der Waals surface area contributed by atoms with Gasteiger partial charge >= 0.3 is 5.97 Å². The van der Waals surface area contributed by atoms with E-state index in [1.165, 1.54) is 43.9 Å². The summed E-state index contributed by atoms with van der Waals surface area (Å²) in [5, 5.41) is 9.33. The molecule has 0 aliphatic carbocycles. The van der Waals surface area contributed by atoms with Crippen LogP contribution in [0.1, 0.15) is 82.5 Å². The zero-order valence-electron chi connectivity index (χ0n) is 16.2. The van der Waals surface area contributed by atoms with Gasteiger partial charge in [0.2, 0.25) is 0 Å². The van der Waals surface area contributed by atoms with Crippen LogP contribution in [-0.4, -0.2) is 31.4 Å². The second-order valence-corrected chi connectivity index (χ2v) is 9.03. The lowest BCUT2D eigenvalue weighted by molar-refractivity contribution is 0.0690. The summed E-state index contributed by atoms with van der Waals surface area (Å²) in [6, 6.07) is 4.08. The Hall–Kier alpha value is -1.56. The van der Waals surface area contributed by atoms with Gasteiger partial charge in [0, 0.05) is 0 Å². The molecule has 1 aromatic rings. The lowest BCUT2D eigenvalue weighted by Gasteiger charge is -2.13. The van der Waals surface area contributed by atoms with Gasteiger partial charge < -0.3 is 9.84 Å². The lowest BCUT2D eigenvalue weighted by atomic mass is 10.1. The molecule has 1 N–H and O–H groups in total. The molecule has 0 amide bonds. The third kappa shape index (κ3) is 7.77. The number of hydrogen-bond acceptors (Lipinski definition) is 4. The predicted molar refractivity (Wildman–Crippen MR) is 104 cm³/mol. The number of sulfone groups is 1. The van der Waals surface area contributed by atoms with Crippen LogP contribution in [0, 0.1) is 0 Å². The van der Waals surface area contributed by atoms with Gasteiger partial charge in [0.1, 0.15) is 11.3 Å². The van der Waals surface area contributed by atoms with Gasteiger partial charge in [0.25, 0.3) is 0 Å². The first-order valence-corrected chi connectivity index (χ1v) is 11.2. The van der Waals surface area contributed by atoms with Crippen LogP contribution in [0.4, 0.5) is 0 Å². The molecule has 0 spiro atoms. The van der Waals surface area contributed by atoms with Crippen LogP contribution in [0.5, 0.6) is 5.75 Å². The predicted octanol–water partition coefficient (Wildman–Crippen LogP) is 5.09. The highest BCUT2D eigenvalue weighted by Gasteiger charge is 2.20. The minimum atomic E-state index is -3.48. The van der Waals surface area contributed by atoms with Crippen molar-refractivity contribution < 1.29 is 23.1 Å². The Balaban J connectivity index is 2.63. The van der Waals surface area contributed by atoms with E-state index in [1.807, 2.05) is 0 Å². The smallest absolute Gasteiger partial charge is 0.339 e. The molecule has 0 radical (unpaired) electrons. The van der Waals surface area contributed by atoms with E-state index in [9.17, 15) is 18.3 Å². The van der Waals surface area contributed by atoms with Gasteiger partial charge in [-0.25, -0.2) is 13.2 Å². The van der Waals surface area contributed by atoms with Crippen molar-refractivity contribution in [2.45, 2.75) is 83.1 Å². The molecule has 6 heteroatoms. The molecular weight excluding hydrogens is 352 g/mol. The van der Waals surface area contributed by atoms with Gasteiger partial charge in [0.05, 0.1) is 16.8 Å². The summed E-state index contributed by atoms with van der Waals surface area (Å²) in [6.45, 7) is 5.76. The summed E-state index contributed by atoms with van der Waals surface area (Å²) < 4.78 is 30.4. The average molecular weight is 385 g/mol. The van der Waals surface area contributed by atoms with Gasteiger partial charge in [0.15, 0.2) is 9.84 Å². The molecule has 0 atom stereocenters.